The van der Waals surface area contributed by atoms with Gasteiger partial charge in [0, 0.05) is 4.47 Å². The Morgan fingerprint density at radius 1 is 1.24 bits per heavy atom. The molecule has 3 aromatic rings. The first-order valence-electron chi connectivity index (χ1n) is 7.02. The van der Waals surface area contributed by atoms with Crippen molar-refractivity contribution in [2.75, 3.05) is 0 Å². The lowest BCUT2D eigenvalue weighted by Gasteiger charge is -2.14. The van der Waals surface area contributed by atoms with Crippen LogP contribution in [0.3, 0.4) is 0 Å². The van der Waals surface area contributed by atoms with E-state index < -0.39 is 0 Å². The predicted octanol–water partition coefficient (Wildman–Crippen LogP) is 5.65. The zero-order valence-electron chi connectivity index (χ0n) is 12.0. The Balaban J connectivity index is 2.37. The summed E-state index contributed by atoms with van der Waals surface area (Å²) in [5, 5.41) is -0.152. The van der Waals surface area contributed by atoms with Crippen molar-refractivity contribution in [2.24, 2.45) is 0 Å². The Bertz CT molecular complexity index is 793. The summed E-state index contributed by atoms with van der Waals surface area (Å²) in [7, 11) is 0. The van der Waals surface area contributed by atoms with Gasteiger partial charge in [0.25, 0.3) is 0 Å². The lowest BCUT2D eigenvalue weighted by atomic mass is 10.1. The van der Waals surface area contributed by atoms with Crippen LogP contribution in [0.25, 0.3) is 16.7 Å². The quantitative estimate of drug-likeness (QED) is 0.550. The standard InChI is InChI=1S/C17H16BrClN2/c1-3-12-6-4-5-7-15(12)21-16-9-8-13(18)10-14(16)20-17(21)11(2)19/h4-11H,3H2,1-2H3. The fourth-order valence-electron chi connectivity index (χ4n) is 2.62. The van der Waals surface area contributed by atoms with Crippen LogP contribution < -0.4 is 0 Å². The lowest BCUT2D eigenvalue weighted by molar-refractivity contribution is 0.872. The highest BCUT2D eigenvalue weighted by molar-refractivity contribution is 9.10. The summed E-state index contributed by atoms with van der Waals surface area (Å²) in [4.78, 5) is 4.73. The molecule has 2 aromatic carbocycles. The highest BCUT2D eigenvalue weighted by atomic mass is 79.9. The Hall–Kier alpha value is -1.32. The molecule has 0 aliphatic heterocycles. The van der Waals surface area contributed by atoms with Crippen molar-refractivity contribution >= 4 is 38.6 Å². The summed E-state index contributed by atoms with van der Waals surface area (Å²) < 4.78 is 3.20. The average molecular weight is 364 g/mol. The minimum absolute atomic E-state index is 0.152. The molecular formula is C17H16BrClN2. The van der Waals surface area contributed by atoms with E-state index in [1.54, 1.807) is 0 Å². The summed E-state index contributed by atoms with van der Waals surface area (Å²) in [6, 6.07) is 14.6. The summed E-state index contributed by atoms with van der Waals surface area (Å²) in [6.45, 7) is 4.13. The van der Waals surface area contributed by atoms with Crippen LogP contribution in [0.1, 0.15) is 30.6 Å². The number of fused-ring (bicyclic) bond motifs is 1. The van der Waals surface area contributed by atoms with Gasteiger partial charge in [0.05, 0.1) is 22.1 Å². The maximum Gasteiger partial charge on any atom is 0.132 e. The Morgan fingerprint density at radius 3 is 2.71 bits per heavy atom. The van der Waals surface area contributed by atoms with Crippen LogP contribution in [-0.4, -0.2) is 9.55 Å². The molecule has 2 nitrogen and oxygen atoms in total. The van der Waals surface area contributed by atoms with E-state index in [9.17, 15) is 0 Å². The van der Waals surface area contributed by atoms with Crippen LogP contribution in [-0.2, 0) is 6.42 Å². The zero-order valence-corrected chi connectivity index (χ0v) is 14.3. The number of benzene rings is 2. The van der Waals surface area contributed by atoms with Crippen LogP contribution in [0.2, 0.25) is 0 Å². The number of nitrogens with zero attached hydrogens (tertiary/aromatic N) is 2. The van der Waals surface area contributed by atoms with E-state index in [0.29, 0.717) is 0 Å². The summed E-state index contributed by atoms with van der Waals surface area (Å²) in [5.41, 5.74) is 4.49. The molecule has 0 N–H and O–H groups in total. The van der Waals surface area contributed by atoms with E-state index in [0.717, 1.165) is 33.4 Å². The van der Waals surface area contributed by atoms with Crippen molar-refractivity contribution in [1.82, 2.24) is 9.55 Å². The van der Waals surface area contributed by atoms with E-state index >= 15 is 0 Å². The van der Waals surface area contributed by atoms with Gasteiger partial charge < -0.3 is 0 Å². The van der Waals surface area contributed by atoms with E-state index in [1.165, 1.54) is 5.56 Å². The van der Waals surface area contributed by atoms with Crippen LogP contribution in [0.5, 0.6) is 0 Å². The van der Waals surface area contributed by atoms with Crippen molar-refractivity contribution < 1.29 is 0 Å². The second-order valence-electron chi connectivity index (χ2n) is 5.04. The van der Waals surface area contributed by atoms with Crippen molar-refractivity contribution in [3.05, 3.63) is 58.3 Å². The molecule has 1 unspecified atom stereocenters. The Labute approximate surface area is 137 Å². The van der Waals surface area contributed by atoms with Crippen LogP contribution >= 0.6 is 27.5 Å². The van der Waals surface area contributed by atoms with Crippen molar-refractivity contribution in [3.63, 3.8) is 0 Å². The largest absolute Gasteiger partial charge is 0.295 e. The number of aryl methyl sites for hydroxylation is 1. The molecule has 1 aromatic heterocycles. The van der Waals surface area contributed by atoms with Gasteiger partial charge in [0.2, 0.25) is 0 Å². The highest BCUT2D eigenvalue weighted by Crippen LogP contribution is 2.31. The van der Waals surface area contributed by atoms with Crippen molar-refractivity contribution in [2.45, 2.75) is 25.6 Å². The SMILES string of the molecule is CCc1ccccc1-n1c(C(C)Cl)nc2cc(Br)ccc21. The third-order valence-corrected chi connectivity index (χ3v) is 4.30. The second kappa shape index (κ2) is 5.82. The minimum atomic E-state index is -0.152. The molecule has 0 aliphatic carbocycles. The lowest BCUT2D eigenvalue weighted by Crippen LogP contribution is -2.04. The van der Waals surface area contributed by atoms with Gasteiger partial charge in [-0.05, 0) is 43.2 Å². The summed E-state index contributed by atoms with van der Waals surface area (Å²) >= 11 is 9.88. The normalized spacial score (nSPS) is 12.8. The molecule has 0 fully saturated rings. The number of para-hydroxylation sites is 1. The summed E-state index contributed by atoms with van der Waals surface area (Å²) in [5.74, 6) is 0.880. The Kier molecular flexibility index (Phi) is 4.05. The molecule has 1 atom stereocenters. The van der Waals surface area contributed by atoms with Gasteiger partial charge in [-0.1, -0.05) is 41.1 Å². The third-order valence-electron chi connectivity index (χ3n) is 3.61. The third kappa shape index (κ3) is 2.60. The molecule has 1 heterocycles. The fraction of sp³-hybridized carbons (Fsp3) is 0.235. The minimum Gasteiger partial charge on any atom is -0.295 e. The van der Waals surface area contributed by atoms with E-state index in [4.69, 9.17) is 16.6 Å². The molecule has 0 bridgehead atoms. The molecule has 3 rings (SSSR count). The van der Waals surface area contributed by atoms with Gasteiger partial charge in [-0.2, -0.15) is 0 Å². The average Bonchev–Trinajstić information content (AvgIpc) is 2.85. The first kappa shape index (κ1) is 14.6. The monoisotopic (exact) mass is 362 g/mol. The molecule has 4 heteroatoms. The molecule has 0 spiro atoms. The summed E-state index contributed by atoms with van der Waals surface area (Å²) in [6.07, 6.45) is 0.975. The van der Waals surface area contributed by atoms with Crippen LogP contribution in [0.4, 0.5) is 0 Å². The molecule has 21 heavy (non-hydrogen) atoms. The number of hydrogen-bond donors (Lipinski definition) is 0. The van der Waals surface area contributed by atoms with Gasteiger partial charge in [-0.3, -0.25) is 4.57 Å². The molecule has 0 radical (unpaired) electrons. The first-order valence-corrected chi connectivity index (χ1v) is 8.25. The molecule has 0 saturated heterocycles. The molecule has 108 valence electrons. The van der Waals surface area contributed by atoms with Gasteiger partial charge in [-0.15, -0.1) is 11.6 Å². The fourth-order valence-corrected chi connectivity index (χ4v) is 3.12. The number of aromatic nitrogens is 2. The van der Waals surface area contributed by atoms with Gasteiger partial charge in [0.15, 0.2) is 0 Å². The van der Waals surface area contributed by atoms with Gasteiger partial charge in [0.1, 0.15) is 5.82 Å². The predicted molar refractivity (Wildman–Crippen MR) is 92.4 cm³/mol. The van der Waals surface area contributed by atoms with Crippen LogP contribution in [0.15, 0.2) is 46.9 Å². The van der Waals surface area contributed by atoms with Crippen molar-refractivity contribution in [3.8, 4) is 5.69 Å². The number of hydrogen-bond acceptors (Lipinski definition) is 1. The maximum absolute atomic E-state index is 6.37. The Morgan fingerprint density at radius 2 is 2.00 bits per heavy atom. The topological polar surface area (TPSA) is 17.8 Å². The number of halogens is 2. The maximum atomic E-state index is 6.37. The zero-order chi connectivity index (χ0) is 15.0. The molecule has 0 aliphatic rings. The van der Waals surface area contributed by atoms with Gasteiger partial charge >= 0.3 is 0 Å². The van der Waals surface area contributed by atoms with Gasteiger partial charge in [-0.25, -0.2) is 4.98 Å². The van der Waals surface area contributed by atoms with Crippen LogP contribution in [0, 0.1) is 0 Å². The molecular weight excluding hydrogens is 348 g/mol. The second-order valence-corrected chi connectivity index (χ2v) is 6.61. The van der Waals surface area contributed by atoms with E-state index in [1.807, 2.05) is 19.1 Å². The van der Waals surface area contributed by atoms with Crippen molar-refractivity contribution in [1.29, 1.82) is 0 Å². The highest BCUT2D eigenvalue weighted by Gasteiger charge is 2.17. The molecule has 0 amide bonds. The molecule has 0 saturated carbocycles. The number of rotatable bonds is 3. The first-order chi connectivity index (χ1) is 10.1. The smallest absolute Gasteiger partial charge is 0.132 e. The number of imidazole rings is 1. The van der Waals surface area contributed by atoms with E-state index in [2.05, 4.69) is 57.8 Å². The number of alkyl halides is 1. The van der Waals surface area contributed by atoms with E-state index in [-0.39, 0.29) is 5.38 Å².